The first-order chi connectivity index (χ1) is 12.0. The molecule has 1 aromatic heterocycles. The first kappa shape index (κ1) is 17.6. The van der Waals surface area contributed by atoms with Gasteiger partial charge < -0.3 is 10.1 Å². The van der Waals surface area contributed by atoms with E-state index in [9.17, 15) is 10.1 Å². The van der Waals surface area contributed by atoms with Crippen molar-refractivity contribution >= 4 is 22.1 Å². The van der Waals surface area contributed by atoms with E-state index in [1.807, 2.05) is 6.07 Å². The second-order valence-corrected chi connectivity index (χ2v) is 6.61. The Labute approximate surface area is 147 Å². The summed E-state index contributed by atoms with van der Waals surface area (Å²) in [5.41, 5.74) is 0.997. The van der Waals surface area contributed by atoms with E-state index in [0.717, 1.165) is 43.7 Å². The number of benzene rings is 1. The molecule has 1 fully saturated rings. The van der Waals surface area contributed by atoms with Crippen LogP contribution >= 0.6 is 0 Å². The molecule has 0 radical (unpaired) electrons. The van der Waals surface area contributed by atoms with Gasteiger partial charge in [0, 0.05) is 55.7 Å². The maximum absolute atomic E-state index is 11.2. The molecule has 2 heterocycles. The summed E-state index contributed by atoms with van der Waals surface area (Å²) in [6.07, 6.45) is 4.77. The predicted octanol–water partition coefficient (Wildman–Crippen LogP) is 3.05. The first-order valence-corrected chi connectivity index (χ1v) is 8.67. The maximum atomic E-state index is 11.2. The van der Waals surface area contributed by atoms with Crippen molar-refractivity contribution in [3.05, 3.63) is 40.7 Å². The zero-order valence-corrected chi connectivity index (χ0v) is 14.6. The second kappa shape index (κ2) is 7.76. The number of nitro groups is 1. The van der Waals surface area contributed by atoms with Crippen LogP contribution in [0, 0.1) is 10.1 Å². The number of fused-ring (bicyclic) bond motifs is 1. The van der Waals surface area contributed by atoms with E-state index in [1.165, 1.54) is 6.07 Å². The number of hydrogen-bond acceptors (Lipinski definition) is 6. The lowest BCUT2D eigenvalue weighted by Crippen LogP contribution is -2.45. The summed E-state index contributed by atoms with van der Waals surface area (Å²) in [6.45, 7) is 7.98. The van der Waals surface area contributed by atoms with Gasteiger partial charge in [-0.2, -0.15) is 0 Å². The standard InChI is InChI=1S/C18H24N4O3/c1-13-11-21(12-14(2)25-13)9-3-7-20-17-4-5-18(22(23)24)16-10-19-8-6-15(16)17/h4-6,8,10,13-14,20H,3,7,9,11-12H2,1-2H3/t13-,14-/m0/s1. The molecular formula is C18H24N4O3. The zero-order chi connectivity index (χ0) is 17.8. The summed E-state index contributed by atoms with van der Waals surface area (Å²) < 4.78 is 5.75. The molecule has 0 saturated carbocycles. The molecule has 2 atom stereocenters. The lowest BCUT2D eigenvalue weighted by Gasteiger charge is -2.35. The number of anilines is 1. The fraction of sp³-hybridized carbons (Fsp3) is 0.500. The van der Waals surface area contributed by atoms with Gasteiger partial charge >= 0.3 is 0 Å². The second-order valence-electron chi connectivity index (χ2n) is 6.61. The molecule has 134 valence electrons. The van der Waals surface area contributed by atoms with Crippen molar-refractivity contribution in [1.82, 2.24) is 9.88 Å². The van der Waals surface area contributed by atoms with Gasteiger partial charge in [0.1, 0.15) is 0 Å². The Morgan fingerprint density at radius 2 is 2.04 bits per heavy atom. The number of hydrogen-bond donors (Lipinski definition) is 1. The van der Waals surface area contributed by atoms with E-state index < -0.39 is 0 Å². The van der Waals surface area contributed by atoms with Crippen LogP contribution in [-0.4, -0.2) is 53.2 Å². The van der Waals surface area contributed by atoms with Crippen LogP contribution < -0.4 is 5.32 Å². The van der Waals surface area contributed by atoms with Crippen molar-refractivity contribution < 1.29 is 9.66 Å². The molecule has 1 N–H and O–H groups in total. The summed E-state index contributed by atoms with van der Waals surface area (Å²) in [4.78, 5) is 17.2. The third kappa shape index (κ3) is 4.24. The summed E-state index contributed by atoms with van der Waals surface area (Å²) in [6, 6.07) is 5.13. The van der Waals surface area contributed by atoms with Gasteiger partial charge in [-0.3, -0.25) is 20.0 Å². The van der Waals surface area contributed by atoms with Gasteiger partial charge in [0.2, 0.25) is 0 Å². The minimum absolute atomic E-state index is 0.0879. The Hall–Kier alpha value is -2.25. The van der Waals surface area contributed by atoms with E-state index >= 15 is 0 Å². The van der Waals surface area contributed by atoms with Gasteiger partial charge in [0.15, 0.2) is 0 Å². The van der Waals surface area contributed by atoms with Crippen LogP contribution in [0.1, 0.15) is 20.3 Å². The van der Waals surface area contributed by atoms with Crippen LogP contribution in [0.3, 0.4) is 0 Å². The normalized spacial score (nSPS) is 21.4. The number of nitro benzene ring substituents is 1. The van der Waals surface area contributed by atoms with Crippen molar-refractivity contribution in [3.8, 4) is 0 Å². The zero-order valence-electron chi connectivity index (χ0n) is 14.6. The predicted molar refractivity (Wildman–Crippen MR) is 98.0 cm³/mol. The number of nitrogens with one attached hydrogen (secondary N) is 1. The highest BCUT2D eigenvalue weighted by Crippen LogP contribution is 2.30. The maximum Gasteiger partial charge on any atom is 0.278 e. The number of pyridine rings is 1. The number of non-ortho nitro benzene ring substituents is 1. The summed E-state index contributed by atoms with van der Waals surface area (Å²) in [5, 5.41) is 16.0. The van der Waals surface area contributed by atoms with E-state index in [2.05, 4.69) is 29.0 Å². The topological polar surface area (TPSA) is 80.5 Å². The molecule has 1 aliphatic rings. The Bertz CT molecular complexity index is 742. The minimum Gasteiger partial charge on any atom is -0.384 e. The van der Waals surface area contributed by atoms with Crippen LogP contribution in [0.2, 0.25) is 0 Å². The molecule has 1 aliphatic heterocycles. The minimum atomic E-state index is -0.367. The third-order valence-electron chi connectivity index (χ3n) is 4.45. The number of aromatic nitrogens is 1. The highest BCUT2D eigenvalue weighted by Gasteiger charge is 2.21. The van der Waals surface area contributed by atoms with Crippen LogP contribution in [0.15, 0.2) is 30.6 Å². The average Bonchev–Trinajstić information content (AvgIpc) is 2.57. The fourth-order valence-electron chi connectivity index (χ4n) is 3.48. The van der Waals surface area contributed by atoms with E-state index in [1.54, 1.807) is 18.5 Å². The summed E-state index contributed by atoms with van der Waals surface area (Å²) in [5.74, 6) is 0. The molecule has 2 aromatic rings. The Kier molecular flexibility index (Phi) is 5.45. The van der Waals surface area contributed by atoms with Gasteiger partial charge in [0.05, 0.1) is 22.5 Å². The SMILES string of the molecule is C[C@H]1CN(CCCNc2ccc([N+](=O)[O-])c3cnccc23)C[C@H](C)O1. The lowest BCUT2D eigenvalue weighted by molar-refractivity contribution is -0.383. The molecule has 1 saturated heterocycles. The highest BCUT2D eigenvalue weighted by atomic mass is 16.6. The van der Waals surface area contributed by atoms with Gasteiger partial charge in [-0.05, 0) is 32.4 Å². The molecular weight excluding hydrogens is 320 g/mol. The molecule has 1 aromatic carbocycles. The van der Waals surface area contributed by atoms with Gasteiger partial charge in [0.25, 0.3) is 5.69 Å². The quantitative estimate of drug-likeness (QED) is 0.493. The van der Waals surface area contributed by atoms with Crippen molar-refractivity contribution in [2.75, 3.05) is 31.5 Å². The number of rotatable bonds is 6. The van der Waals surface area contributed by atoms with Gasteiger partial charge in [-0.15, -0.1) is 0 Å². The van der Waals surface area contributed by atoms with E-state index in [0.29, 0.717) is 5.39 Å². The molecule has 3 rings (SSSR count). The molecule has 0 bridgehead atoms. The van der Waals surface area contributed by atoms with Crippen molar-refractivity contribution in [1.29, 1.82) is 0 Å². The van der Waals surface area contributed by atoms with Crippen LogP contribution in [0.25, 0.3) is 10.8 Å². The first-order valence-electron chi connectivity index (χ1n) is 8.67. The lowest BCUT2D eigenvalue weighted by atomic mass is 10.1. The van der Waals surface area contributed by atoms with Crippen molar-refractivity contribution in [3.63, 3.8) is 0 Å². The van der Waals surface area contributed by atoms with E-state index in [-0.39, 0.29) is 22.8 Å². The van der Waals surface area contributed by atoms with E-state index in [4.69, 9.17) is 4.74 Å². The van der Waals surface area contributed by atoms with Gasteiger partial charge in [-0.25, -0.2) is 0 Å². The van der Waals surface area contributed by atoms with Crippen LogP contribution in [-0.2, 0) is 4.74 Å². The molecule has 0 spiro atoms. The highest BCUT2D eigenvalue weighted by molar-refractivity contribution is 5.99. The third-order valence-corrected chi connectivity index (χ3v) is 4.45. The largest absolute Gasteiger partial charge is 0.384 e. The number of nitrogens with zero attached hydrogens (tertiary/aromatic N) is 3. The average molecular weight is 344 g/mol. The molecule has 25 heavy (non-hydrogen) atoms. The Morgan fingerprint density at radius 1 is 1.28 bits per heavy atom. The van der Waals surface area contributed by atoms with Gasteiger partial charge in [-0.1, -0.05) is 0 Å². The van der Waals surface area contributed by atoms with Crippen LogP contribution in [0.5, 0.6) is 0 Å². The molecule has 0 aliphatic carbocycles. The van der Waals surface area contributed by atoms with Crippen LogP contribution in [0.4, 0.5) is 11.4 Å². The number of ether oxygens (including phenoxy) is 1. The molecule has 7 heteroatoms. The molecule has 0 amide bonds. The Balaban J connectivity index is 1.60. The van der Waals surface area contributed by atoms with Crippen molar-refractivity contribution in [2.24, 2.45) is 0 Å². The summed E-state index contributed by atoms with van der Waals surface area (Å²) in [7, 11) is 0. The molecule has 0 unspecified atom stereocenters. The van der Waals surface area contributed by atoms with Crippen molar-refractivity contribution in [2.45, 2.75) is 32.5 Å². The Morgan fingerprint density at radius 3 is 2.76 bits per heavy atom. The number of morpholine rings is 1. The monoisotopic (exact) mass is 344 g/mol. The fourth-order valence-corrected chi connectivity index (χ4v) is 3.48. The smallest absolute Gasteiger partial charge is 0.278 e. The molecule has 7 nitrogen and oxygen atoms in total. The summed E-state index contributed by atoms with van der Waals surface area (Å²) >= 11 is 0.